The van der Waals surface area contributed by atoms with Crippen molar-refractivity contribution in [1.29, 1.82) is 0 Å². The number of hydrogen-bond donors (Lipinski definition) is 1. The Balaban J connectivity index is 1.94. The molecule has 0 bridgehead atoms. The fraction of sp³-hybridized carbons (Fsp3) is 0.944. The average Bonchev–Trinajstić information content (AvgIpc) is 2.93. The second kappa shape index (κ2) is 7.60. The molecule has 3 unspecified atom stereocenters. The third-order valence-corrected chi connectivity index (χ3v) is 5.50. The fourth-order valence-electron chi connectivity index (χ4n) is 3.70. The number of ether oxygens (including phenoxy) is 2. The number of nitrogens with zero attached hydrogens (tertiary/aromatic N) is 1. The highest BCUT2D eigenvalue weighted by Gasteiger charge is 2.52. The molecular weight excluding hydrogens is 294 g/mol. The number of rotatable bonds is 7. The van der Waals surface area contributed by atoms with Crippen LogP contribution >= 0.6 is 0 Å². The molecular formula is C18H33NO4. The number of carbonyl (C=O) groups is 1. The Labute approximate surface area is 140 Å². The maximum atomic E-state index is 12.7. The summed E-state index contributed by atoms with van der Waals surface area (Å²) in [7, 11) is 0. The number of likely N-dealkylation sites (N-methyl/N-ethyl adjacent to an activating group) is 1. The summed E-state index contributed by atoms with van der Waals surface area (Å²) < 4.78 is 12.0. The van der Waals surface area contributed by atoms with E-state index in [1.165, 1.54) is 0 Å². The SMILES string of the molecule is CCCN(CC)CC1COC2(CCC(C(C)(C)CO)CC2=O)O1. The summed E-state index contributed by atoms with van der Waals surface area (Å²) in [6.45, 7) is 11.8. The summed E-state index contributed by atoms with van der Waals surface area (Å²) in [5.41, 5.74) is -0.227. The number of ketones is 1. The third kappa shape index (κ3) is 4.13. The van der Waals surface area contributed by atoms with E-state index in [4.69, 9.17) is 9.47 Å². The molecule has 2 aliphatic rings. The van der Waals surface area contributed by atoms with E-state index in [1.807, 2.05) is 13.8 Å². The minimum absolute atomic E-state index is 0.0205. The maximum absolute atomic E-state index is 12.7. The van der Waals surface area contributed by atoms with Gasteiger partial charge in [-0.3, -0.25) is 4.79 Å². The summed E-state index contributed by atoms with van der Waals surface area (Å²) in [5.74, 6) is -0.765. The first-order valence-electron chi connectivity index (χ1n) is 9.05. The van der Waals surface area contributed by atoms with Gasteiger partial charge in [-0.05, 0) is 37.3 Å². The van der Waals surface area contributed by atoms with Gasteiger partial charge in [0.25, 0.3) is 0 Å². The second-order valence-electron chi connectivity index (χ2n) is 7.71. The van der Waals surface area contributed by atoms with Gasteiger partial charge in [0.05, 0.1) is 12.7 Å². The third-order valence-electron chi connectivity index (χ3n) is 5.50. The van der Waals surface area contributed by atoms with Crippen LogP contribution in [0.4, 0.5) is 0 Å². The molecule has 1 heterocycles. The smallest absolute Gasteiger partial charge is 0.229 e. The van der Waals surface area contributed by atoms with Gasteiger partial charge in [0.1, 0.15) is 0 Å². The molecule has 5 heteroatoms. The van der Waals surface area contributed by atoms with Gasteiger partial charge in [0.15, 0.2) is 5.78 Å². The number of Topliss-reactive ketones (excluding diaryl/α,β-unsaturated/α-hetero) is 1. The van der Waals surface area contributed by atoms with Crippen LogP contribution in [0.15, 0.2) is 0 Å². The maximum Gasteiger partial charge on any atom is 0.229 e. The van der Waals surface area contributed by atoms with E-state index < -0.39 is 5.79 Å². The Morgan fingerprint density at radius 3 is 2.70 bits per heavy atom. The Kier molecular flexibility index (Phi) is 6.22. The zero-order chi connectivity index (χ0) is 17.1. The van der Waals surface area contributed by atoms with Crippen molar-refractivity contribution in [2.45, 2.75) is 65.3 Å². The van der Waals surface area contributed by atoms with Crippen LogP contribution < -0.4 is 0 Å². The normalized spacial score (nSPS) is 32.2. The van der Waals surface area contributed by atoms with Crippen molar-refractivity contribution in [3.8, 4) is 0 Å². The van der Waals surface area contributed by atoms with Crippen LogP contribution in [0.2, 0.25) is 0 Å². The second-order valence-corrected chi connectivity index (χ2v) is 7.71. The van der Waals surface area contributed by atoms with Crippen molar-refractivity contribution in [1.82, 2.24) is 4.90 Å². The summed E-state index contributed by atoms with van der Waals surface area (Å²) in [4.78, 5) is 15.0. The van der Waals surface area contributed by atoms with Crippen molar-refractivity contribution in [3.05, 3.63) is 0 Å². The lowest BCUT2D eigenvalue weighted by atomic mass is 9.70. The largest absolute Gasteiger partial charge is 0.396 e. The van der Waals surface area contributed by atoms with Crippen LogP contribution in [-0.2, 0) is 14.3 Å². The summed E-state index contributed by atoms with van der Waals surface area (Å²) in [6.07, 6.45) is 3.00. The Bertz CT molecular complexity index is 412. The molecule has 0 aromatic carbocycles. The summed E-state index contributed by atoms with van der Waals surface area (Å²) >= 11 is 0. The molecule has 1 aliphatic heterocycles. The van der Waals surface area contributed by atoms with Crippen LogP contribution in [0.1, 0.15) is 53.4 Å². The Morgan fingerprint density at radius 2 is 2.13 bits per heavy atom. The van der Waals surface area contributed by atoms with Gasteiger partial charge in [-0.1, -0.05) is 27.7 Å². The first kappa shape index (κ1) is 18.8. The van der Waals surface area contributed by atoms with Crippen molar-refractivity contribution in [2.24, 2.45) is 11.3 Å². The minimum atomic E-state index is -1.02. The van der Waals surface area contributed by atoms with E-state index >= 15 is 0 Å². The standard InChI is InChI=1S/C18H33NO4/c1-5-9-19(6-2)11-15-12-22-18(23-15)8-7-14(10-16(18)21)17(3,4)13-20/h14-15,20H,5-13H2,1-4H3. The van der Waals surface area contributed by atoms with Crippen LogP contribution in [0.5, 0.6) is 0 Å². The van der Waals surface area contributed by atoms with Crippen molar-refractivity contribution >= 4 is 5.78 Å². The van der Waals surface area contributed by atoms with Gasteiger partial charge in [-0.25, -0.2) is 0 Å². The molecule has 5 nitrogen and oxygen atoms in total. The van der Waals surface area contributed by atoms with E-state index in [9.17, 15) is 9.90 Å². The molecule has 1 saturated carbocycles. The zero-order valence-electron chi connectivity index (χ0n) is 15.1. The van der Waals surface area contributed by atoms with Crippen molar-refractivity contribution in [2.75, 3.05) is 32.8 Å². The fourth-order valence-corrected chi connectivity index (χ4v) is 3.70. The predicted octanol–water partition coefficient (Wildman–Crippen LogP) is 2.22. The zero-order valence-corrected chi connectivity index (χ0v) is 15.1. The van der Waals surface area contributed by atoms with Gasteiger partial charge in [-0.2, -0.15) is 0 Å². The van der Waals surface area contributed by atoms with Crippen LogP contribution in [0.3, 0.4) is 0 Å². The van der Waals surface area contributed by atoms with E-state index in [0.29, 0.717) is 19.4 Å². The number of hydrogen-bond acceptors (Lipinski definition) is 5. The van der Waals surface area contributed by atoms with E-state index in [-0.39, 0.29) is 29.8 Å². The lowest BCUT2D eigenvalue weighted by Crippen LogP contribution is -2.48. The summed E-state index contributed by atoms with van der Waals surface area (Å²) in [5, 5.41) is 9.53. The molecule has 1 aliphatic carbocycles. The van der Waals surface area contributed by atoms with Crippen molar-refractivity contribution < 1.29 is 19.4 Å². The molecule has 3 atom stereocenters. The molecule has 0 aromatic heterocycles. The topological polar surface area (TPSA) is 59.0 Å². The molecule has 1 spiro atoms. The molecule has 2 rings (SSSR count). The van der Waals surface area contributed by atoms with Gasteiger partial charge < -0.3 is 19.5 Å². The molecule has 23 heavy (non-hydrogen) atoms. The van der Waals surface area contributed by atoms with Gasteiger partial charge in [-0.15, -0.1) is 0 Å². The Morgan fingerprint density at radius 1 is 1.39 bits per heavy atom. The molecule has 2 fully saturated rings. The Hall–Kier alpha value is -0.490. The monoisotopic (exact) mass is 327 g/mol. The lowest BCUT2D eigenvalue weighted by Gasteiger charge is -2.40. The molecule has 134 valence electrons. The highest BCUT2D eigenvalue weighted by molar-refractivity contribution is 5.87. The van der Waals surface area contributed by atoms with Crippen LogP contribution in [-0.4, -0.2) is 60.5 Å². The first-order chi connectivity index (χ1) is 10.9. The molecule has 0 aromatic rings. The quantitative estimate of drug-likeness (QED) is 0.777. The molecule has 1 N–H and O–H groups in total. The average molecular weight is 327 g/mol. The number of aliphatic hydroxyl groups is 1. The van der Waals surface area contributed by atoms with E-state index in [2.05, 4.69) is 18.7 Å². The van der Waals surface area contributed by atoms with Crippen molar-refractivity contribution in [3.63, 3.8) is 0 Å². The number of aliphatic hydroxyl groups excluding tert-OH is 1. The first-order valence-corrected chi connectivity index (χ1v) is 9.05. The van der Waals surface area contributed by atoms with Gasteiger partial charge >= 0.3 is 0 Å². The highest BCUT2D eigenvalue weighted by Crippen LogP contribution is 2.43. The van der Waals surface area contributed by atoms with Crippen LogP contribution in [0, 0.1) is 11.3 Å². The van der Waals surface area contributed by atoms with Gasteiger partial charge in [0.2, 0.25) is 5.79 Å². The minimum Gasteiger partial charge on any atom is -0.396 e. The lowest BCUT2D eigenvalue weighted by molar-refractivity contribution is -0.199. The highest BCUT2D eigenvalue weighted by atomic mass is 16.7. The predicted molar refractivity (Wildman–Crippen MR) is 89.2 cm³/mol. The molecule has 1 saturated heterocycles. The molecule has 0 radical (unpaired) electrons. The van der Waals surface area contributed by atoms with E-state index in [1.54, 1.807) is 0 Å². The van der Waals surface area contributed by atoms with E-state index in [0.717, 1.165) is 32.5 Å². The summed E-state index contributed by atoms with van der Waals surface area (Å²) in [6, 6.07) is 0. The van der Waals surface area contributed by atoms with Gasteiger partial charge in [0, 0.05) is 26.0 Å². The molecule has 0 amide bonds. The number of carbonyl (C=O) groups excluding carboxylic acids is 1. The van der Waals surface area contributed by atoms with Crippen LogP contribution in [0.25, 0.3) is 0 Å².